The summed E-state index contributed by atoms with van der Waals surface area (Å²) in [5.41, 5.74) is 7.10. The van der Waals surface area contributed by atoms with E-state index in [0.717, 1.165) is 16.3 Å². The lowest BCUT2D eigenvalue weighted by Gasteiger charge is -2.25. The summed E-state index contributed by atoms with van der Waals surface area (Å²) >= 11 is 5.90. The molecule has 43 heavy (non-hydrogen) atoms. The first kappa shape index (κ1) is 31.2. The van der Waals surface area contributed by atoms with Crippen molar-refractivity contribution < 1.29 is 24.4 Å². The van der Waals surface area contributed by atoms with Gasteiger partial charge in [-0.2, -0.15) is 0 Å². The molecular weight excluding hydrogens is 574 g/mol. The summed E-state index contributed by atoms with van der Waals surface area (Å²) < 4.78 is 6.00. The largest absolute Gasteiger partial charge is 0.506 e. The summed E-state index contributed by atoms with van der Waals surface area (Å²) in [4.78, 5) is 40.4. The van der Waals surface area contributed by atoms with E-state index in [1.54, 1.807) is 29.2 Å². The van der Waals surface area contributed by atoms with E-state index in [0.29, 0.717) is 30.9 Å². The first-order valence-corrected chi connectivity index (χ1v) is 13.8. The molecule has 0 radical (unpaired) electrons. The van der Waals surface area contributed by atoms with Crippen LogP contribution in [0.3, 0.4) is 0 Å². The fourth-order valence-electron chi connectivity index (χ4n) is 4.43. The number of halogens is 1. The maximum atomic E-state index is 13.3. The predicted octanol–water partition coefficient (Wildman–Crippen LogP) is 4.51. The van der Waals surface area contributed by atoms with Crippen LogP contribution in [0.25, 0.3) is 10.8 Å². The lowest BCUT2D eigenvalue weighted by Crippen LogP contribution is -2.39. The van der Waals surface area contributed by atoms with Gasteiger partial charge in [0.2, 0.25) is 0 Å². The summed E-state index contributed by atoms with van der Waals surface area (Å²) in [6.45, 7) is 1.08. The molecular formula is C31H32ClN5O6. The number of carbonyl (C=O) groups excluding carboxylic acids is 2. The number of phenolic OH excluding ortho intramolecular Hbond substituents is 1. The van der Waals surface area contributed by atoms with Crippen LogP contribution < -0.4 is 15.6 Å². The zero-order valence-electron chi connectivity index (χ0n) is 23.7. The number of ether oxygens (including phenoxy) is 1. The van der Waals surface area contributed by atoms with Gasteiger partial charge in [0, 0.05) is 42.2 Å². The molecule has 0 bridgehead atoms. The van der Waals surface area contributed by atoms with Crippen molar-refractivity contribution in [2.24, 2.45) is 0 Å². The quantitative estimate of drug-likeness (QED) is 0.150. The van der Waals surface area contributed by atoms with Crippen LogP contribution in [-0.4, -0.2) is 65.4 Å². The Morgan fingerprint density at radius 3 is 2.40 bits per heavy atom. The lowest BCUT2D eigenvalue weighted by molar-refractivity contribution is -0.385. The Morgan fingerprint density at radius 1 is 0.953 bits per heavy atom. The Morgan fingerprint density at radius 2 is 1.67 bits per heavy atom. The van der Waals surface area contributed by atoms with Gasteiger partial charge < -0.3 is 19.6 Å². The van der Waals surface area contributed by atoms with Crippen LogP contribution in [0.2, 0.25) is 5.02 Å². The number of carbonyl (C=O) groups is 2. The Bertz CT molecular complexity index is 1630. The molecule has 11 nitrogen and oxygen atoms in total. The number of nitrogens with one attached hydrogen (secondary N) is 2. The summed E-state index contributed by atoms with van der Waals surface area (Å²) in [6.07, 6.45) is 0. The maximum Gasteiger partial charge on any atom is 0.274 e. The van der Waals surface area contributed by atoms with E-state index >= 15 is 0 Å². The second kappa shape index (κ2) is 14.5. The molecule has 12 heteroatoms. The van der Waals surface area contributed by atoms with Crippen molar-refractivity contribution in [2.45, 2.75) is 13.1 Å². The Balaban J connectivity index is 1.44. The normalized spacial score (nSPS) is 11.0. The second-order valence-corrected chi connectivity index (χ2v) is 10.4. The molecule has 0 saturated carbocycles. The highest BCUT2D eigenvalue weighted by Gasteiger charge is 2.21. The number of amides is 2. The van der Waals surface area contributed by atoms with Crippen molar-refractivity contribution in [1.82, 2.24) is 20.7 Å². The van der Waals surface area contributed by atoms with Gasteiger partial charge in [0.1, 0.15) is 11.5 Å². The molecule has 4 rings (SSSR count). The van der Waals surface area contributed by atoms with Gasteiger partial charge in [-0.25, -0.2) is 5.43 Å². The molecule has 2 amide bonds. The Hall–Kier alpha value is -4.71. The predicted molar refractivity (Wildman–Crippen MR) is 164 cm³/mol. The monoisotopic (exact) mass is 605 g/mol. The highest BCUT2D eigenvalue weighted by molar-refractivity contribution is 6.32. The van der Waals surface area contributed by atoms with Crippen molar-refractivity contribution in [3.05, 3.63) is 111 Å². The smallest absolute Gasteiger partial charge is 0.274 e. The van der Waals surface area contributed by atoms with E-state index in [2.05, 4.69) is 10.9 Å². The molecule has 0 aliphatic heterocycles. The number of nitrogens with zero attached hydrogens (tertiary/aromatic N) is 3. The van der Waals surface area contributed by atoms with Crippen molar-refractivity contribution in [3.63, 3.8) is 0 Å². The van der Waals surface area contributed by atoms with Crippen molar-refractivity contribution in [3.8, 4) is 11.5 Å². The third kappa shape index (κ3) is 8.19. The van der Waals surface area contributed by atoms with Crippen LogP contribution in [0.1, 0.15) is 21.5 Å². The van der Waals surface area contributed by atoms with Crippen LogP contribution in [0, 0.1) is 10.1 Å². The first-order chi connectivity index (χ1) is 20.6. The molecule has 0 atom stereocenters. The molecule has 4 aromatic carbocycles. The third-order valence-electron chi connectivity index (χ3n) is 6.74. The van der Waals surface area contributed by atoms with E-state index in [1.165, 1.54) is 24.3 Å². The van der Waals surface area contributed by atoms with Gasteiger partial charge in [-0.1, -0.05) is 60.1 Å². The zero-order valence-corrected chi connectivity index (χ0v) is 24.5. The van der Waals surface area contributed by atoms with E-state index in [4.69, 9.17) is 16.3 Å². The van der Waals surface area contributed by atoms with Crippen molar-refractivity contribution in [2.75, 3.05) is 33.8 Å². The minimum Gasteiger partial charge on any atom is -0.506 e. The number of hydrazine groups is 1. The lowest BCUT2D eigenvalue weighted by atomic mass is 10.0. The molecule has 0 aromatic heterocycles. The summed E-state index contributed by atoms with van der Waals surface area (Å²) in [7, 11) is 3.78. The van der Waals surface area contributed by atoms with Gasteiger partial charge in [-0.3, -0.25) is 25.1 Å². The third-order valence-corrected chi connectivity index (χ3v) is 7.04. The van der Waals surface area contributed by atoms with Gasteiger partial charge in [0.15, 0.2) is 6.61 Å². The van der Waals surface area contributed by atoms with E-state index < -0.39 is 10.8 Å². The average Bonchev–Trinajstić information content (AvgIpc) is 2.99. The number of hydrogen-bond acceptors (Lipinski definition) is 8. The van der Waals surface area contributed by atoms with Crippen LogP contribution >= 0.6 is 11.6 Å². The molecule has 3 N–H and O–H groups in total. The summed E-state index contributed by atoms with van der Waals surface area (Å²) in [5.74, 6) is -0.312. The number of phenols is 1. The van der Waals surface area contributed by atoms with E-state index in [-0.39, 0.29) is 41.1 Å². The number of likely N-dealkylation sites (N-methyl/N-ethyl adjacent to an activating group) is 1. The van der Waals surface area contributed by atoms with E-state index in [9.17, 15) is 24.8 Å². The fourth-order valence-corrected chi connectivity index (χ4v) is 4.61. The van der Waals surface area contributed by atoms with Crippen LogP contribution in [0.4, 0.5) is 5.69 Å². The number of nitro groups is 1. The maximum absolute atomic E-state index is 13.3. The molecule has 0 aliphatic rings. The van der Waals surface area contributed by atoms with Crippen LogP contribution in [-0.2, 0) is 17.9 Å². The summed E-state index contributed by atoms with van der Waals surface area (Å²) in [6, 6.07) is 21.7. The minimum atomic E-state index is -0.447. The van der Waals surface area contributed by atoms with E-state index in [1.807, 2.05) is 49.3 Å². The number of para-hydroxylation sites is 1. The fraction of sp³-hybridized carbons (Fsp3) is 0.226. The van der Waals surface area contributed by atoms with Gasteiger partial charge in [0.05, 0.1) is 16.5 Å². The van der Waals surface area contributed by atoms with Crippen LogP contribution in [0.15, 0.2) is 78.9 Å². The number of benzene rings is 4. The van der Waals surface area contributed by atoms with Gasteiger partial charge in [-0.05, 0) is 49.3 Å². The van der Waals surface area contributed by atoms with Gasteiger partial charge >= 0.3 is 0 Å². The van der Waals surface area contributed by atoms with Crippen LogP contribution in [0.5, 0.6) is 11.5 Å². The molecule has 0 heterocycles. The highest BCUT2D eigenvalue weighted by atomic mass is 35.5. The Labute approximate surface area is 253 Å². The zero-order chi connectivity index (χ0) is 30.9. The topological polar surface area (TPSA) is 137 Å². The number of fused-ring (bicyclic) bond motifs is 1. The second-order valence-electron chi connectivity index (χ2n) is 10.0. The molecule has 0 saturated heterocycles. The minimum absolute atomic E-state index is 0.0377. The van der Waals surface area contributed by atoms with Gasteiger partial charge in [-0.15, -0.1) is 0 Å². The number of hydrogen-bond donors (Lipinski definition) is 3. The first-order valence-electron chi connectivity index (χ1n) is 13.4. The molecule has 4 aromatic rings. The average molecular weight is 606 g/mol. The van der Waals surface area contributed by atoms with Gasteiger partial charge in [0.25, 0.3) is 17.5 Å². The van der Waals surface area contributed by atoms with Crippen molar-refractivity contribution in [1.29, 1.82) is 0 Å². The number of rotatable bonds is 13. The molecule has 0 aliphatic carbocycles. The number of aromatic hydroxyl groups is 1. The SMILES string of the molecule is CN(C)CCN(Cc1ccccc1[N+](=O)[O-])C(=O)COc1ccc(CNNC(=O)c2ccc(O)c(Cl)c2)c2ccccc12. The molecule has 0 fully saturated rings. The summed E-state index contributed by atoms with van der Waals surface area (Å²) in [5, 5.41) is 22.8. The standard InChI is InChI=1S/C31H32ClN5O6/c1-35(2)15-16-36(19-23-7-3-6-10-27(23)37(41)42)30(39)20-43-29-14-12-22(24-8-4-5-9-25(24)29)18-33-34-31(40)21-11-13-28(38)26(32)17-21/h3-14,17,33,38H,15-16,18-20H2,1-2H3,(H,34,40). The van der Waals surface area contributed by atoms with Crippen molar-refractivity contribution >= 4 is 39.9 Å². The number of nitro benzene ring substituents is 1. The molecule has 0 unspecified atom stereocenters. The molecule has 0 spiro atoms. The molecule has 224 valence electrons. The highest BCUT2D eigenvalue weighted by Crippen LogP contribution is 2.29. The Kier molecular flexibility index (Phi) is 10.5.